The fourth-order valence-electron chi connectivity index (χ4n) is 5.61. The normalized spacial score (nSPS) is 21.4. The van der Waals surface area contributed by atoms with Gasteiger partial charge in [-0.2, -0.15) is 0 Å². The van der Waals surface area contributed by atoms with E-state index in [0.717, 1.165) is 28.8 Å². The van der Waals surface area contributed by atoms with Crippen molar-refractivity contribution in [1.82, 2.24) is 0 Å². The minimum absolute atomic E-state index is 0.0159. The second kappa shape index (κ2) is 11.1. The zero-order valence-electron chi connectivity index (χ0n) is 24.6. The van der Waals surface area contributed by atoms with Crippen molar-refractivity contribution in [3.8, 4) is 11.5 Å². The van der Waals surface area contributed by atoms with Crippen molar-refractivity contribution in [2.75, 3.05) is 5.33 Å². The largest absolute Gasteiger partial charge is 0.543 e. The summed E-state index contributed by atoms with van der Waals surface area (Å²) in [4.78, 5) is 12.0. The van der Waals surface area contributed by atoms with Crippen LogP contribution in [0.4, 0.5) is 0 Å². The number of carboxylic acids is 1. The van der Waals surface area contributed by atoms with E-state index in [1.54, 1.807) is 0 Å². The average molecular weight is 594 g/mol. The molecule has 2 aliphatic rings. The molecular weight excluding hydrogens is 544 g/mol. The smallest absolute Gasteiger partial charge is 0.331 e. The Bertz CT molecular complexity index is 1020. The monoisotopic (exact) mass is 592 g/mol. The third-order valence-corrected chi connectivity index (χ3v) is 14.1. The van der Waals surface area contributed by atoms with E-state index in [4.69, 9.17) is 9.16 Å². The van der Waals surface area contributed by atoms with Gasteiger partial charge in [0, 0.05) is 28.3 Å². The quantitative estimate of drug-likeness (QED) is 0.167. The van der Waals surface area contributed by atoms with E-state index in [2.05, 4.69) is 89.6 Å². The van der Waals surface area contributed by atoms with Gasteiger partial charge in [0.25, 0.3) is 0 Å². The van der Waals surface area contributed by atoms with Crippen molar-refractivity contribution < 1.29 is 19.1 Å². The molecule has 0 unspecified atom stereocenters. The summed E-state index contributed by atoms with van der Waals surface area (Å²) in [5.41, 5.74) is 2.44. The van der Waals surface area contributed by atoms with Gasteiger partial charge in [0.1, 0.15) is 17.1 Å². The highest BCUT2D eigenvalue weighted by atomic mass is 79.9. The van der Waals surface area contributed by atoms with Crippen LogP contribution in [0.5, 0.6) is 11.5 Å². The first-order chi connectivity index (χ1) is 17.0. The molecule has 208 valence electrons. The van der Waals surface area contributed by atoms with Gasteiger partial charge in [-0.3, -0.25) is 0 Å². The lowest BCUT2D eigenvalue weighted by atomic mass is 9.66. The van der Waals surface area contributed by atoms with Crippen molar-refractivity contribution in [3.63, 3.8) is 0 Å². The molecule has 0 radical (unpaired) electrons. The molecule has 0 amide bonds. The minimum Gasteiger partial charge on any atom is -0.543 e. The van der Waals surface area contributed by atoms with Gasteiger partial charge in [-0.25, -0.2) is 4.79 Å². The Hall–Kier alpha value is -1.27. The second-order valence-corrected chi connectivity index (χ2v) is 19.4. The summed E-state index contributed by atoms with van der Waals surface area (Å²) in [6.07, 6.45) is 9.15. The van der Waals surface area contributed by atoms with Crippen molar-refractivity contribution in [2.45, 2.75) is 128 Å². The molecule has 2 atom stereocenters. The number of halogens is 1. The Balaban J connectivity index is 2.10. The van der Waals surface area contributed by atoms with Gasteiger partial charge in [-0.15, -0.1) is 0 Å². The Labute approximate surface area is 234 Å². The number of rotatable bonds is 10. The van der Waals surface area contributed by atoms with Crippen molar-refractivity contribution in [3.05, 3.63) is 34.9 Å². The predicted octanol–water partition coefficient (Wildman–Crippen LogP) is 9.37. The molecule has 0 bridgehead atoms. The molecule has 6 heteroatoms. The van der Waals surface area contributed by atoms with Crippen LogP contribution in [-0.4, -0.2) is 30.3 Å². The number of allylic oxidation sites excluding steroid dienone is 1. The molecule has 0 aromatic heterocycles. The summed E-state index contributed by atoms with van der Waals surface area (Å²) in [7, 11) is -2.15. The maximum absolute atomic E-state index is 12.0. The molecule has 1 N–H and O–H groups in total. The molecule has 1 heterocycles. The fourth-order valence-corrected chi connectivity index (χ4v) is 7.04. The van der Waals surface area contributed by atoms with Crippen LogP contribution in [0.2, 0.25) is 18.1 Å². The van der Waals surface area contributed by atoms with Crippen molar-refractivity contribution in [1.29, 1.82) is 0 Å². The number of carboxylic acid groups (broad SMARTS) is 1. The summed E-state index contributed by atoms with van der Waals surface area (Å²) < 4.78 is 13.8. The molecule has 1 aliphatic carbocycles. The summed E-state index contributed by atoms with van der Waals surface area (Å²) in [6.45, 7) is 20.3. The number of fused-ring (bicyclic) bond motifs is 3. The third-order valence-electron chi connectivity index (χ3n) is 9.20. The van der Waals surface area contributed by atoms with Crippen molar-refractivity contribution in [2.24, 2.45) is 5.92 Å². The first-order valence-corrected chi connectivity index (χ1v) is 18.1. The van der Waals surface area contributed by atoms with Crippen LogP contribution >= 0.6 is 15.9 Å². The lowest BCUT2D eigenvalue weighted by Gasteiger charge is -2.48. The number of carbonyl (C=O) groups is 1. The highest BCUT2D eigenvalue weighted by Gasteiger charge is 2.48. The molecule has 0 fully saturated rings. The molecule has 0 saturated heterocycles. The summed E-state index contributed by atoms with van der Waals surface area (Å²) >= 11 is 3.54. The maximum atomic E-state index is 12.0. The topological polar surface area (TPSA) is 55.8 Å². The zero-order valence-corrected chi connectivity index (χ0v) is 27.2. The number of alkyl halides is 1. The second-order valence-electron chi connectivity index (χ2n) is 13.9. The Kier molecular flexibility index (Phi) is 9.06. The Morgan fingerprint density at radius 1 is 1.14 bits per heavy atom. The van der Waals surface area contributed by atoms with Gasteiger partial charge in [-0.1, -0.05) is 75.9 Å². The lowest BCUT2D eigenvalue weighted by Crippen LogP contribution is -2.47. The molecule has 3 rings (SSSR count). The summed E-state index contributed by atoms with van der Waals surface area (Å²) in [6, 6.07) is 4.51. The van der Waals surface area contributed by atoms with E-state index in [1.807, 2.05) is 6.08 Å². The van der Waals surface area contributed by atoms with Crippen LogP contribution in [-0.2, 0) is 10.2 Å². The average Bonchev–Trinajstić information content (AvgIpc) is 2.76. The standard InChI is InChI=1S/C31H49BrO4Si/c1-29(2,3)37(8,9)36-26-20-22(30(4,5)16-12-10-11-13-17-32)19-25-27(26)23-18-21(28(33)34)14-15-24(23)31(6,7)35-25/h14,19-20,23-24H,10-13,15-18H2,1-9H3,(H,33,34)/t23-,24+/m0/s1. The lowest BCUT2D eigenvalue weighted by molar-refractivity contribution is -0.133. The summed E-state index contributed by atoms with van der Waals surface area (Å²) in [5, 5.41) is 11.0. The molecule has 1 aliphatic heterocycles. The van der Waals surface area contributed by atoms with Gasteiger partial charge in [0.2, 0.25) is 8.32 Å². The highest BCUT2D eigenvalue weighted by molar-refractivity contribution is 9.09. The van der Waals surface area contributed by atoms with E-state index in [-0.39, 0.29) is 27.9 Å². The van der Waals surface area contributed by atoms with E-state index < -0.39 is 14.3 Å². The SMILES string of the molecule is CC(C)(CCCCCCBr)c1cc2c(c(O[Si](C)(C)C(C)(C)C)c1)[C@H]1CC(C(=O)O)=CC[C@H]1C(C)(C)O2. The van der Waals surface area contributed by atoms with Crippen LogP contribution in [0, 0.1) is 5.92 Å². The molecular formula is C31H49BrO4Si. The number of ether oxygens (including phenoxy) is 1. The van der Waals surface area contributed by atoms with E-state index >= 15 is 0 Å². The first-order valence-electron chi connectivity index (χ1n) is 14.0. The molecule has 37 heavy (non-hydrogen) atoms. The maximum Gasteiger partial charge on any atom is 0.331 e. The van der Waals surface area contributed by atoms with E-state index in [1.165, 1.54) is 31.2 Å². The van der Waals surface area contributed by atoms with Gasteiger partial charge in [0.15, 0.2) is 0 Å². The molecule has 1 aromatic rings. The molecule has 0 spiro atoms. The molecule has 1 aromatic carbocycles. The molecule has 0 saturated carbocycles. The van der Waals surface area contributed by atoms with Crippen LogP contribution < -0.4 is 9.16 Å². The Morgan fingerprint density at radius 3 is 2.38 bits per heavy atom. The molecule has 4 nitrogen and oxygen atoms in total. The van der Waals surface area contributed by atoms with Gasteiger partial charge in [-0.05, 0) is 80.8 Å². The van der Waals surface area contributed by atoms with Crippen molar-refractivity contribution >= 4 is 30.2 Å². The Morgan fingerprint density at radius 2 is 1.78 bits per heavy atom. The van der Waals surface area contributed by atoms with Crippen LogP contribution in [0.15, 0.2) is 23.8 Å². The first kappa shape index (κ1) is 30.3. The summed E-state index contributed by atoms with van der Waals surface area (Å²) in [5.74, 6) is 1.27. The van der Waals surface area contributed by atoms with E-state index in [0.29, 0.717) is 18.4 Å². The third kappa shape index (κ3) is 6.66. The number of benzene rings is 1. The zero-order chi connectivity index (χ0) is 27.8. The van der Waals surface area contributed by atoms with Crippen LogP contribution in [0.3, 0.4) is 0 Å². The minimum atomic E-state index is -2.15. The van der Waals surface area contributed by atoms with Gasteiger partial charge in [0.05, 0.1) is 0 Å². The van der Waals surface area contributed by atoms with Crippen LogP contribution in [0.25, 0.3) is 0 Å². The van der Waals surface area contributed by atoms with Crippen LogP contribution in [0.1, 0.15) is 110 Å². The van der Waals surface area contributed by atoms with E-state index in [9.17, 15) is 9.90 Å². The van der Waals surface area contributed by atoms with Gasteiger partial charge >= 0.3 is 5.97 Å². The number of unbranched alkanes of at least 4 members (excludes halogenated alkanes) is 3. The number of hydrogen-bond acceptors (Lipinski definition) is 3. The predicted molar refractivity (Wildman–Crippen MR) is 160 cm³/mol. The highest BCUT2D eigenvalue weighted by Crippen LogP contribution is 2.56. The number of hydrogen-bond donors (Lipinski definition) is 1. The number of aliphatic carboxylic acids is 1. The van der Waals surface area contributed by atoms with Gasteiger partial charge < -0.3 is 14.3 Å². The fraction of sp³-hybridized carbons (Fsp3) is 0.710.